The number of anilines is 2. The Kier molecular flexibility index (Phi) is 21.8. The molecule has 0 N–H and O–H groups in total. The molecule has 242 valence electrons. The summed E-state index contributed by atoms with van der Waals surface area (Å²) < 4.78 is 0. The second-order valence-corrected chi connectivity index (χ2v) is 11.1. The van der Waals surface area contributed by atoms with Gasteiger partial charge in [0.15, 0.2) is 0 Å². The van der Waals surface area contributed by atoms with Crippen LogP contribution in [0.1, 0.15) is 44.5 Å². The van der Waals surface area contributed by atoms with Crippen molar-refractivity contribution >= 4 is 11.4 Å². The molecule has 0 bridgehead atoms. The van der Waals surface area contributed by atoms with Crippen LogP contribution in [-0.4, -0.2) is 51.1 Å². The molecule has 1 fully saturated rings. The number of halogens is 4. The van der Waals surface area contributed by atoms with E-state index in [1.807, 2.05) is 0 Å². The van der Waals surface area contributed by atoms with E-state index in [0.29, 0.717) is 0 Å². The topological polar surface area (TPSA) is 13.0 Å². The second-order valence-electron chi connectivity index (χ2n) is 11.1. The largest absolute Gasteiger partial charge is 2.00 e. The molecule has 0 amide bonds. The van der Waals surface area contributed by atoms with Gasteiger partial charge in [-0.25, -0.2) is 0 Å². The molecule has 3 aromatic rings. The van der Waals surface area contributed by atoms with Crippen LogP contribution < -0.4 is 59.4 Å². The number of hydrogen-bond acceptors (Lipinski definition) is 4. The maximum Gasteiger partial charge on any atom is 2.00 e. The van der Waals surface area contributed by atoms with E-state index in [2.05, 4.69) is 144 Å². The first kappa shape index (κ1) is 45.8. The van der Waals surface area contributed by atoms with Gasteiger partial charge in [0, 0.05) is 65.7 Å². The van der Waals surface area contributed by atoms with Crippen LogP contribution in [0.4, 0.5) is 11.4 Å². The van der Waals surface area contributed by atoms with Crippen LogP contribution in [-0.2, 0) is 32.6 Å². The third-order valence-corrected chi connectivity index (χ3v) is 8.40. The zero-order valence-electron chi connectivity index (χ0n) is 27.3. The Bertz CT molecular complexity index is 1090. The van der Waals surface area contributed by atoms with E-state index in [-0.39, 0.29) is 69.1 Å². The van der Waals surface area contributed by atoms with Crippen LogP contribution in [0.3, 0.4) is 0 Å². The van der Waals surface area contributed by atoms with Crippen LogP contribution >= 0.6 is 0 Å². The van der Waals surface area contributed by atoms with Gasteiger partial charge in [0.25, 0.3) is 0 Å². The summed E-state index contributed by atoms with van der Waals surface area (Å²) in [7, 11) is 8.28. The summed E-state index contributed by atoms with van der Waals surface area (Å²) >= 11 is 0. The van der Waals surface area contributed by atoms with Crippen LogP contribution in [0.25, 0.3) is 0 Å². The van der Waals surface area contributed by atoms with Crippen LogP contribution in [0.15, 0.2) is 60.9 Å². The van der Waals surface area contributed by atoms with E-state index in [1.54, 1.807) is 0 Å². The Labute approximate surface area is 299 Å². The van der Waals surface area contributed by atoms with E-state index in [0.717, 1.165) is 32.0 Å². The van der Waals surface area contributed by atoms with E-state index < -0.39 is 0 Å². The van der Waals surface area contributed by atoms with Gasteiger partial charge in [0.1, 0.15) is 0 Å². The predicted octanol–water partition coefficient (Wildman–Crippen LogP) is -4.84. The molecule has 1 aliphatic rings. The van der Waals surface area contributed by atoms with Crippen molar-refractivity contribution in [2.75, 3.05) is 51.1 Å². The van der Waals surface area contributed by atoms with Gasteiger partial charge >= 0.3 is 19.5 Å². The average molecular weight is 756 g/mol. The quantitative estimate of drug-likeness (QED) is 0.235. The fourth-order valence-electron chi connectivity index (χ4n) is 4.97. The third-order valence-electron chi connectivity index (χ3n) is 8.40. The molecule has 0 aromatic heterocycles. The van der Waals surface area contributed by atoms with Crippen molar-refractivity contribution in [3.05, 3.63) is 105 Å². The summed E-state index contributed by atoms with van der Waals surface area (Å²) in [5.74, 6) is 1.12. The molecule has 1 aliphatic heterocycles. The fraction of sp³-hybridized carbons (Fsp3) is 0.412. The van der Waals surface area contributed by atoms with Crippen molar-refractivity contribution in [1.82, 2.24) is 9.80 Å². The molecule has 0 spiro atoms. The second kappa shape index (κ2) is 20.4. The van der Waals surface area contributed by atoms with E-state index in [4.69, 9.17) is 0 Å². The molecular formula is C34H48Cl4N4Ru-2. The molecule has 9 heteroatoms. The van der Waals surface area contributed by atoms with Gasteiger partial charge in [-0.2, -0.15) is 0 Å². The Balaban J connectivity index is -0.000000814. The van der Waals surface area contributed by atoms with E-state index >= 15 is 0 Å². The summed E-state index contributed by atoms with van der Waals surface area (Å²) in [6.07, 6.45) is 0. The molecule has 4 nitrogen and oxygen atoms in total. The van der Waals surface area contributed by atoms with Crippen molar-refractivity contribution in [3.63, 3.8) is 0 Å². The first-order chi connectivity index (χ1) is 17.9. The van der Waals surface area contributed by atoms with Gasteiger partial charge < -0.3 is 69.2 Å². The normalized spacial score (nSPS) is 11.4. The fourth-order valence-corrected chi connectivity index (χ4v) is 4.97. The van der Waals surface area contributed by atoms with Gasteiger partial charge in [-0.3, -0.25) is 0 Å². The number of rotatable bonds is 6. The molecule has 1 heterocycles. The summed E-state index contributed by atoms with van der Waals surface area (Å²) in [4.78, 5) is 9.00. The Morgan fingerprint density at radius 1 is 0.512 bits per heavy atom. The summed E-state index contributed by atoms with van der Waals surface area (Å²) in [5, 5.41) is 0. The molecule has 0 atom stereocenters. The average Bonchev–Trinajstić information content (AvgIpc) is 3.24. The molecular weight excluding hydrogens is 707 g/mol. The van der Waals surface area contributed by atoms with Crippen molar-refractivity contribution in [1.29, 1.82) is 0 Å². The van der Waals surface area contributed by atoms with E-state index in [1.165, 1.54) is 55.9 Å². The standard InChI is InChI=1S/C22H30N4.C12H18.4ClH.Ru/c1-18-25(16-19-6-10-21(11-7-19)23(2)3)14-15-26(18)17-20-8-12-22(13-9-20)24(4)5;1-7-8(2)10(4)12(6)11(5)9(7)3;;;;;/h6-13H,1,14-17H2,2-5H3;1-6H3;4*1H;/q;;;;;;+2/p-4. The molecule has 0 radical (unpaired) electrons. The number of nitrogens with zero attached hydrogens (tertiary/aromatic N) is 4. The molecule has 0 saturated carbocycles. The van der Waals surface area contributed by atoms with E-state index in [9.17, 15) is 0 Å². The maximum absolute atomic E-state index is 4.34. The minimum Gasteiger partial charge on any atom is -1.00 e. The zero-order valence-corrected chi connectivity index (χ0v) is 32.1. The van der Waals surface area contributed by atoms with Crippen molar-refractivity contribution in [2.45, 2.75) is 54.6 Å². The van der Waals surface area contributed by atoms with Crippen LogP contribution in [0.5, 0.6) is 0 Å². The van der Waals surface area contributed by atoms with Gasteiger partial charge in [-0.1, -0.05) is 30.8 Å². The SMILES string of the molecule is C=C1N(Cc2ccc(N(C)C)cc2)CCN1Cc1ccc(N(C)C)cc1.Cc1c(C)c(C)c(C)c(C)c1C.[Cl-].[Cl-].[Cl-].[Cl-].[Ru+2]. The minimum atomic E-state index is 0. The number of benzene rings is 3. The first-order valence-corrected chi connectivity index (χ1v) is 13.7. The number of hydrogen-bond donors (Lipinski definition) is 0. The monoisotopic (exact) mass is 754 g/mol. The van der Waals surface area contributed by atoms with Gasteiger partial charge in [-0.15, -0.1) is 0 Å². The molecule has 0 unspecified atom stereocenters. The summed E-state index contributed by atoms with van der Waals surface area (Å²) in [6, 6.07) is 17.6. The Morgan fingerprint density at radius 2 is 0.744 bits per heavy atom. The van der Waals surface area contributed by atoms with Crippen molar-refractivity contribution < 1.29 is 69.1 Å². The van der Waals surface area contributed by atoms with Gasteiger partial charge in [0.05, 0.1) is 5.82 Å². The summed E-state index contributed by atoms with van der Waals surface area (Å²) in [5.41, 5.74) is 13.8. The molecule has 4 rings (SSSR count). The van der Waals surface area contributed by atoms with Gasteiger partial charge in [0.2, 0.25) is 0 Å². The Hall–Kier alpha value is -1.62. The van der Waals surface area contributed by atoms with Crippen molar-refractivity contribution in [2.24, 2.45) is 0 Å². The maximum atomic E-state index is 4.34. The Morgan fingerprint density at radius 3 is 0.953 bits per heavy atom. The van der Waals surface area contributed by atoms with Crippen LogP contribution in [0, 0.1) is 41.5 Å². The molecule has 1 saturated heterocycles. The smallest absolute Gasteiger partial charge is 1.00 e. The molecule has 43 heavy (non-hydrogen) atoms. The summed E-state index contributed by atoms with van der Waals surface area (Å²) in [6.45, 7) is 21.5. The zero-order chi connectivity index (χ0) is 28.1. The first-order valence-electron chi connectivity index (χ1n) is 13.7. The molecule has 3 aromatic carbocycles. The molecule has 0 aliphatic carbocycles. The minimum absolute atomic E-state index is 0. The van der Waals surface area contributed by atoms with Crippen LogP contribution in [0.2, 0.25) is 0 Å². The van der Waals surface area contributed by atoms with Crippen molar-refractivity contribution in [3.8, 4) is 0 Å². The predicted molar refractivity (Wildman–Crippen MR) is 166 cm³/mol. The third kappa shape index (κ3) is 11.7. The van der Waals surface area contributed by atoms with Gasteiger partial charge in [-0.05, 0) is 110 Å².